The van der Waals surface area contributed by atoms with Crippen molar-refractivity contribution in [2.24, 2.45) is 13.0 Å². The van der Waals surface area contributed by atoms with Gasteiger partial charge in [0.15, 0.2) is 5.79 Å². The lowest BCUT2D eigenvalue weighted by Gasteiger charge is -2.40. The van der Waals surface area contributed by atoms with E-state index in [9.17, 15) is 4.79 Å². The van der Waals surface area contributed by atoms with Crippen LogP contribution in [0.15, 0.2) is 18.3 Å². The summed E-state index contributed by atoms with van der Waals surface area (Å²) in [5.41, 5.74) is 1.29. The molecule has 0 aromatic carbocycles. The van der Waals surface area contributed by atoms with Crippen LogP contribution in [-0.4, -0.2) is 53.6 Å². The van der Waals surface area contributed by atoms with Crippen molar-refractivity contribution in [2.75, 3.05) is 26.3 Å². The van der Waals surface area contributed by atoms with E-state index in [0.717, 1.165) is 32.2 Å². The molecule has 2 unspecified atom stereocenters. The Hall–Kier alpha value is -1.53. The summed E-state index contributed by atoms with van der Waals surface area (Å²) in [6.07, 6.45) is 6.00. The van der Waals surface area contributed by atoms with E-state index in [4.69, 9.17) is 9.47 Å². The van der Waals surface area contributed by atoms with Crippen LogP contribution in [0.5, 0.6) is 0 Å². The van der Waals surface area contributed by atoms with Gasteiger partial charge in [0.1, 0.15) is 0 Å². The molecule has 25 heavy (non-hydrogen) atoms. The van der Waals surface area contributed by atoms with Gasteiger partial charge in [-0.15, -0.1) is 0 Å². The number of nitrogens with zero attached hydrogens (tertiary/aromatic N) is 2. The van der Waals surface area contributed by atoms with E-state index in [1.807, 2.05) is 11.8 Å². The lowest BCUT2D eigenvalue weighted by molar-refractivity contribution is -0.189. The summed E-state index contributed by atoms with van der Waals surface area (Å²) >= 11 is 0. The van der Waals surface area contributed by atoms with E-state index in [1.165, 1.54) is 5.69 Å². The number of nitrogens with one attached hydrogen (secondary N) is 1. The number of amides is 2. The number of urea groups is 1. The lowest BCUT2D eigenvalue weighted by atomic mass is 9.90. The maximum absolute atomic E-state index is 12.6. The van der Waals surface area contributed by atoms with Crippen molar-refractivity contribution in [3.05, 3.63) is 24.0 Å². The molecule has 0 radical (unpaired) electrons. The molecule has 6 heteroatoms. The average Bonchev–Trinajstić information content (AvgIpc) is 3.22. The van der Waals surface area contributed by atoms with E-state index >= 15 is 0 Å². The van der Waals surface area contributed by atoms with Gasteiger partial charge < -0.3 is 24.3 Å². The van der Waals surface area contributed by atoms with E-state index in [2.05, 4.69) is 42.2 Å². The second-order valence-electron chi connectivity index (χ2n) is 7.50. The van der Waals surface area contributed by atoms with Gasteiger partial charge in [-0.2, -0.15) is 0 Å². The van der Waals surface area contributed by atoms with Gasteiger partial charge in [-0.3, -0.25) is 0 Å². The van der Waals surface area contributed by atoms with Crippen LogP contribution in [-0.2, 0) is 22.9 Å². The Morgan fingerprint density at radius 2 is 2.20 bits per heavy atom. The molecule has 0 spiro atoms. The Bertz CT molecular complexity index is 580. The smallest absolute Gasteiger partial charge is 0.317 e. The first-order valence-electron chi connectivity index (χ1n) is 9.41. The highest BCUT2D eigenvalue weighted by atomic mass is 16.7. The number of carbonyl (C=O) groups excluding carboxylic acids is 1. The van der Waals surface area contributed by atoms with Gasteiger partial charge in [0, 0.05) is 44.0 Å². The molecule has 1 aromatic rings. The molecular weight excluding hydrogens is 318 g/mol. The summed E-state index contributed by atoms with van der Waals surface area (Å²) in [5, 5.41) is 3.15. The molecule has 0 bridgehead atoms. The van der Waals surface area contributed by atoms with E-state index < -0.39 is 5.79 Å². The summed E-state index contributed by atoms with van der Waals surface area (Å²) in [5.74, 6) is -0.287. The standard InChI is InChI=1S/C19H31N3O3/c1-15(8-9-17-7-5-10-21(17)3)20-18(23)22-11-4-6-16(14-22)19(2)24-12-13-25-19/h5,7,10,15-16H,4,6,8-9,11-14H2,1-3H3,(H,20,23). The van der Waals surface area contributed by atoms with Gasteiger partial charge in [0.2, 0.25) is 0 Å². The SMILES string of the molecule is CC(CCc1cccn1C)NC(=O)N1CCCC(C2(C)OCCO2)C1. The molecule has 0 aliphatic carbocycles. The fraction of sp³-hybridized carbons (Fsp3) is 0.737. The molecule has 140 valence electrons. The quantitative estimate of drug-likeness (QED) is 0.889. The van der Waals surface area contributed by atoms with Gasteiger partial charge in [0.25, 0.3) is 0 Å². The van der Waals surface area contributed by atoms with Crippen LogP contribution in [0, 0.1) is 5.92 Å². The number of aromatic nitrogens is 1. The summed E-state index contributed by atoms with van der Waals surface area (Å²) in [7, 11) is 2.06. The molecule has 2 aliphatic heterocycles. The third-order valence-corrected chi connectivity index (χ3v) is 5.57. The fourth-order valence-corrected chi connectivity index (χ4v) is 3.85. The van der Waals surface area contributed by atoms with E-state index in [-0.39, 0.29) is 18.0 Å². The number of carbonyl (C=O) groups is 1. The summed E-state index contributed by atoms with van der Waals surface area (Å²) in [6.45, 7) is 6.89. The van der Waals surface area contributed by atoms with Crippen LogP contribution in [0.2, 0.25) is 0 Å². The monoisotopic (exact) mass is 349 g/mol. The topological polar surface area (TPSA) is 55.7 Å². The highest BCUT2D eigenvalue weighted by Gasteiger charge is 2.42. The van der Waals surface area contributed by atoms with Crippen molar-refractivity contribution in [2.45, 2.75) is 51.4 Å². The lowest BCUT2D eigenvalue weighted by Crippen LogP contribution is -2.52. The number of ether oxygens (including phenoxy) is 2. The zero-order chi connectivity index (χ0) is 17.9. The van der Waals surface area contributed by atoms with E-state index in [1.54, 1.807) is 0 Å². The molecule has 3 rings (SSSR count). The minimum atomic E-state index is -0.531. The molecule has 6 nitrogen and oxygen atoms in total. The third kappa shape index (κ3) is 4.36. The number of likely N-dealkylation sites (tertiary alicyclic amines) is 1. The molecule has 1 aromatic heterocycles. The minimum Gasteiger partial charge on any atom is -0.354 e. The van der Waals surface area contributed by atoms with Crippen LogP contribution in [0.1, 0.15) is 38.8 Å². The Labute approximate surface area is 150 Å². The highest BCUT2D eigenvalue weighted by molar-refractivity contribution is 5.74. The van der Waals surface area contributed by atoms with Crippen molar-refractivity contribution in [3.8, 4) is 0 Å². The first-order chi connectivity index (χ1) is 12.0. The maximum Gasteiger partial charge on any atom is 0.317 e. The molecule has 2 atom stereocenters. The van der Waals surface area contributed by atoms with Crippen LogP contribution in [0.4, 0.5) is 4.79 Å². The van der Waals surface area contributed by atoms with Crippen LogP contribution >= 0.6 is 0 Å². The van der Waals surface area contributed by atoms with Crippen molar-refractivity contribution in [1.82, 2.24) is 14.8 Å². The molecule has 3 heterocycles. The van der Waals surface area contributed by atoms with E-state index in [0.29, 0.717) is 19.8 Å². The second-order valence-corrected chi connectivity index (χ2v) is 7.50. The predicted octanol–water partition coefficient (Wildman–Crippen LogP) is 2.53. The summed E-state index contributed by atoms with van der Waals surface area (Å²) in [4.78, 5) is 14.5. The van der Waals surface area contributed by atoms with Gasteiger partial charge in [-0.05, 0) is 51.7 Å². The maximum atomic E-state index is 12.6. The minimum absolute atomic E-state index is 0.0330. The number of hydrogen-bond acceptors (Lipinski definition) is 3. The molecule has 2 aliphatic rings. The van der Waals surface area contributed by atoms with Crippen molar-refractivity contribution in [3.63, 3.8) is 0 Å². The Morgan fingerprint density at radius 1 is 1.44 bits per heavy atom. The average molecular weight is 349 g/mol. The summed E-state index contributed by atoms with van der Waals surface area (Å²) < 4.78 is 13.7. The third-order valence-electron chi connectivity index (χ3n) is 5.57. The Morgan fingerprint density at radius 3 is 2.88 bits per heavy atom. The van der Waals surface area contributed by atoms with Crippen molar-refractivity contribution in [1.29, 1.82) is 0 Å². The highest BCUT2D eigenvalue weighted by Crippen LogP contribution is 2.34. The fourth-order valence-electron chi connectivity index (χ4n) is 3.85. The van der Waals surface area contributed by atoms with Gasteiger partial charge in [0.05, 0.1) is 13.2 Å². The molecule has 0 saturated carbocycles. The zero-order valence-corrected chi connectivity index (χ0v) is 15.7. The number of rotatable bonds is 5. The normalized spacial score (nSPS) is 24.3. The van der Waals surface area contributed by atoms with Crippen LogP contribution < -0.4 is 5.32 Å². The van der Waals surface area contributed by atoms with Crippen LogP contribution in [0.3, 0.4) is 0 Å². The summed E-state index contributed by atoms with van der Waals surface area (Å²) in [6, 6.07) is 4.37. The molecule has 1 N–H and O–H groups in total. The van der Waals surface area contributed by atoms with Crippen LogP contribution in [0.25, 0.3) is 0 Å². The van der Waals surface area contributed by atoms with Gasteiger partial charge in [-0.1, -0.05) is 0 Å². The zero-order valence-electron chi connectivity index (χ0n) is 15.7. The van der Waals surface area contributed by atoms with Gasteiger partial charge >= 0.3 is 6.03 Å². The number of aryl methyl sites for hydroxylation is 2. The first-order valence-corrected chi connectivity index (χ1v) is 9.41. The number of hydrogen-bond donors (Lipinski definition) is 1. The number of piperidine rings is 1. The van der Waals surface area contributed by atoms with Crippen molar-refractivity contribution < 1.29 is 14.3 Å². The molecule has 2 amide bonds. The van der Waals surface area contributed by atoms with Gasteiger partial charge in [-0.25, -0.2) is 4.79 Å². The first kappa shape index (κ1) is 18.3. The molecule has 2 fully saturated rings. The Balaban J connectivity index is 1.47. The van der Waals surface area contributed by atoms with Crippen molar-refractivity contribution >= 4 is 6.03 Å². The molecular formula is C19H31N3O3. The second kappa shape index (κ2) is 7.79. The Kier molecular flexibility index (Phi) is 5.69. The predicted molar refractivity (Wildman–Crippen MR) is 96.3 cm³/mol. The molecule has 2 saturated heterocycles. The largest absolute Gasteiger partial charge is 0.354 e.